The number of benzene rings is 1. The molecule has 0 aliphatic rings. The highest BCUT2D eigenvalue weighted by atomic mass is 16.5. The summed E-state index contributed by atoms with van der Waals surface area (Å²) in [4.78, 5) is 22.1. The molecular weight excluding hydrogens is 320 g/mol. The fraction of sp³-hybridized carbons (Fsp3) is 0. The Labute approximate surface area is 141 Å². The van der Waals surface area contributed by atoms with Crippen LogP contribution in [0.3, 0.4) is 0 Å². The van der Waals surface area contributed by atoms with Gasteiger partial charge in [-0.1, -0.05) is 12.1 Å². The number of pyridine rings is 1. The first-order valence-electron chi connectivity index (χ1n) is 7.04. The number of hydrogen-bond acceptors (Lipinski definition) is 7. The second kappa shape index (κ2) is 6.52. The monoisotopic (exact) mass is 330 g/mol. The average Bonchev–Trinajstić information content (AvgIpc) is 2.63. The first-order valence-corrected chi connectivity index (χ1v) is 7.04. The van der Waals surface area contributed by atoms with Crippen molar-refractivity contribution in [2.45, 2.75) is 0 Å². The zero-order chi connectivity index (χ0) is 17.8. The summed E-state index contributed by atoms with van der Waals surface area (Å²) in [5, 5.41) is 18.6. The highest BCUT2D eigenvalue weighted by Crippen LogP contribution is 2.30. The van der Waals surface area contributed by atoms with E-state index in [4.69, 9.17) is 10.5 Å². The van der Waals surface area contributed by atoms with Gasteiger partial charge in [-0.15, -0.1) is 0 Å². The summed E-state index contributed by atoms with van der Waals surface area (Å²) in [6.45, 7) is 0. The predicted molar refractivity (Wildman–Crippen MR) is 88.4 cm³/mol. The van der Waals surface area contributed by atoms with Gasteiger partial charge < -0.3 is 15.5 Å². The van der Waals surface area contributed by atoms with Crippen LogP contribution in [-0.4, -0.2) is 15.0 Å². The zero-order valence-electron chi connectivity index (χ0n) is 12.7. The van der Waals surface area contributed by atoms with Crippen molar-refractivity contribution in [3.63, 3.8) is 0 Å². The Balaban J connectivity index is 2.05. The number of ether oxygens (including phenoxy) is 1. The number of nitriles is 2. The van der Waals surface area contributed by atoms with E-state index >= 15 is 0 Å². The number of nitrogens with one attached hydrogen (secondary N) is 1. The van der Waals surface area contributed by atoms with Crippen LogP contribution in [0.1, 0.15) is 11.1 Å². The van der Waals surface area contributed by atoms with Crippen LogP contribution < -0.4 is 16.0 Å². The van der Waals surface area contributed by atoms with Gasteiger partial charge in [-0.2, -0.15) is 10.5 Å². The molecule has 0 aliphatic carbocycles. The Kier molecular flexibility index (Phi) is 4.10. The lowest BCUT2D eigenvalue weighted by Gasteiger charge is -2.10. The molecule has 0 bridgehead atoms. The van der Waals surface area contributed by atoms with E-state index in [9.17, 15) is 15.3 Å². The predicted octanol–water partition coefficient (Wildman–Crippen LogP) is 1.95. The number of aromatic nitrogens is 3. The van der Waals surface area contributed by atoms with Gasteiger partial charge in [0, 0.05) is 18.0 Å². The molecule has 120 valence electrons. The smallest absolute Gasteiger partial charge is 0.268 e. The third-order valence-electron chi connectivity index (χ3n) is 3.37. The van der Waals surface area contributed by atoms with Crippen LogP contribution in [-0.2, 0) is 0 Å². The van der Waals surface area contributed by atoms with E-state index in [-0.39, 0.29) is 22.5 Å². The minimum atomic E-state index is -0.645. The van der Waals surface area contributed by atoms with Crippen molar-refractivity contribution in [3.05, 3.63) is 64.3 Å². The van der Waals surface area contributed by atoms with Gasteiger partial charge in [0.05, 0.1) is 6.20 Å². The standard InChI is InChI=1S/C17H10N6O2/c18-7-12-15(13(8-19)17(24)23-16(12)20)10-1-3-11(4-2-10)25-14-9-21-5-6-22-14/h1-6,9H,(H3,20,23,24). The quantitative estimate of drug-likeness (QED) is 0.747. The number of aromatic amines is 1. The summed E-state index contributed by atoms with van der Waals surface area (Å²) < 4.78 is 5.53. The Morgan fingerprint density at radius 1 is 1.08 bits per heavy atom. The summed E-state index contributed by atoms with van der Waals surface area (Å²) >= 11 is 0. The maximum atomic E-state index is 11.9. The molecule has 3 rings (SSSR count). The number of H-pyrrole nitrogens is 1. The van der Waals surface area contributed by atoms with E-state index in [1.807, 2.05) is 12.1 Å². The Hall–Kier alpha value is -4.17. The first kappa shape index (κ1) is 15.7. The van der Waals surface area contributed by atoms with Crippen LogP contribution in [0.25, 0.3) is 11.1 Å². The van der Waals surface area contributed by atoms with Gasteiger partial charge in [-0.05, 0) is 17.7 Å². The van der Waals surface area contributed by atoms with Crippen LogP contribution in [0.2, 0.25) is 0 Å². The third kappa shape index (κ3) is 3.00. The zero-order valence-corrected chi connectivity index (χ0v) is 12.7. The van der Waals surface area contributed by atoms with Crippen LogP contribution in [0.4, 0.5) is 5.82 Å². The number of nitrogens with two attached hydrogens (primary N) is 1. The SMILES string of the molecule is N#Cc1c(N)[nH]c(=O)c(C#N)c1-c1ccc(Oc2cnccn2)cc1. The van der Waals surface area contributed by atoms with Gasteiger partial charge in [0.25, 0.3) is 5.56 Å². The normalized spacial score (nSPS) is 9.84. The largest absolute Gasteiger partial charge is 0.438 e. The van der Waals surface area contributed by atoms with Crippen LogP contribution in [0, 0.1) is 22.7 Å². The van der Waals surface area contributed by atoms with Crippen molar-refractivity contribution in [2.24, 2.45) is 0 Å². The van der Waals surface area contributed by atoms with Crippen molar-refractivity contribution in [1.29, 1.82) is 10.5 Å². The van der Waals surface area contributed by atoms with Crippen LogP contribution >= 0.6 is 0 Å². The number of nitrogen functional groups attached to an aromatic ring is 1. The van der Waals surface area contributed by atoms with Crippen molar-refractivity contribution in [2.75, 3.05) is 5.73 Å². The van der Waals surface area contributed by atoms with Crippen molar-refractivity contribution >= 4 is 5.82 Å². The average molecular weight is 330 g/mol. The summed E-state index contributed by atoms with van der Waals surface area (Å²) in [6.07, 6.45) is 4.49. The summed E-state index contributed by atoms with van der Waals surface area (Å²) in [5.74, 6) is 0.728. The molecule has 0 unspecified atom stereocenters. The Morgan fingerprint density at radius 2 is 1.80 bits per heavy atom. The molecule has 3 N–H and O–H groups in total. The fourth-order valence-electron chi connectivity index (χ4n) is 2.28. The molecule has 1 aromatic carbocycles. The van der Waals surface area contributed by atoms with Gasteiger partial charge in [0.1, 0.15) is 34.8 Å². The second-order valence-corrected chi connectivity index (χ2v) is 4.89. The lowest BCUT2D eigenvalue weighted by Crippen LogP contribution is -2.16. The van der Waals surface area contributed by atoms with Gasteiger partial charge in [0.15, 0.2) is 0 Å². The molecule has 8 nitrogen and oxygen atoms in total. The molecule has 0 amide bonds. The Bertz CT molecular complexity index is 1060. The molecule has 25 heavy (non-hydrogen) atoms. The van der Waals surface area contributed by atoms with Gasteiger partial charge >= 0.3 is 0 Å². The minimum absolute atomic E-state index is 0.0405. The lowest BCUT2D eigenvalue weighted by molar-refractivity contribution is 0.460. The van der Waals surface area contributed by atoms with Gasteiger partial charge in [0.2, 0.25) is 5.88 Å². The lowest BCUT2D eigenvalue weighted by atomic mass is 9.97. The van der Waals surface area contributed by atoms with Gasteiger partial charge in [-0.25, -0.2) is 4.98 Å². The summed E-state index contributed by atoms with van der Waals surface area (Å²) in [7, 11) is 0. The minimum Gasteiger partial charge on any atom is -0.438 e. The summed E-state index contributed by atoms with van der Waals surface area (Å²) in [5.41, 5.74) is 5.61. The maximum absolute atomic E-state index is 11.9. The topological polar surface area (TPSA) is 141 Å². The van der Waals surface area contributed by atoms with E-state index < -0.39 is 5.56 Å². The highest BCUT2D eigenvalue weighted by molar-refractivity contribution is 5.80. The van der Waals surface area contributed by atoms with Crippen molar-refractivity contribution < 1.29 is 4.74 Å². The van der Waals surface area contributed by atoms with E-state index in [0.717, 1.165) is 0 Å². The Morgan fingerprint density at radius 3 is 2.40 bits per heavy atom. The second-order valence-electron chi connectivity index (χ2n) is 4.89. The molecule has 0 saturated heterocycles. The number of hydrogen-bond donors (Lipinski definition) is 2. The summed E-state index contributed by atoms with van der Waals surface area (Å²) in [6, 6.07) is 10.3. The first-order chi connectivity index (χ1) is 12.1. The van der Waals surface area contributed by atoms with E-state index in [1.165, 1.54) is 18.6 Å². The number of nitrogens with zero attached hydrogens (tertiary/aromatic N) is 4. The molecule has 0 spiro atoms. The molecule has 2 aromatic heterocycles. The molecule has 0 atom stereocenters. The highest BCUT2D eigenvalue weighted by Gasteiger charge is 2.18. The van der Waals surface area contributed by atoms with E-state index in [2.05, 4.69) is 15.0 Å². The van der Waals surface area contributed by atoms with E-state index in [1.54, 1.807) is 24.3 Å². The number of rotatable bonds is 3. The molecule has 2 heterocycles. The third-order valence-corrected chi connectivity index (χ3v) is 3.37. The molecule has 0 aliphatic heterocycles. The van der Waals surface area contributed by atoms with Crippen molar-refractivity contribution in [1.82, 2.24) is 15.0 Å². The van der Waals surface area contributed by atoms with E-state index in [0.29, 0.717) is 17.2 Å². The molecule has 0 radical (unpaired) electrons. The van der Waals surface area contributed by atoms with Crippen LogP contribution in [0.15, 0.2) is 47.7 Å². The molecule has 0 fully saturated rings. The molecule has 3 aromatic rings. The molecule has 8 heteroatoms. The molecule has 0 saturated carbocycles. The maximum Gasteiger partial charge on any atom is 0.268 e. The molecular formula is C17H10N6O2. The van der Waals surface area contributed by atoms with Gasteiger partial charge in [-0.3, -0.25) is 9.78 Å². The fourth-order valence-corrected chi connectivity index (χ4v) is 2.28. The van der Waals surface area contributed by atoms with Crippen molar-refractivity contribution in [3.8, 4) is 34.9 Å². The van der Waals surface area contributed by atoms with Crippen LogP contribution in [0.5, 0.6) is 11.6 Å². The number of anilines is 1.